The maximum atomic E-state index is 13.9. The van der Waals surface area contributed by atoms with Crippen molar-refractivity contribution in [1.82, 2.24) is 14.8 Å². The second kappa shape index (κ2) is 7.10. The van der Waals surface area contributed by atoms with Gasteiger partial charge in [0.25, 0.3) is 5.82 Å². The van der Waals surface area contributed by atoms with Gasteiger partial charge in [-0.15, -0.1) is 8.98 Å². The van der Waals surface area contributed by atoms with Crippen LogP contribution in [0.3, 0.4) is 0 Å². The zero-order chi connectivity index (χ0) is 20.7. The van der Waals surface area contributed by atoms with Gasteiger partial charge in [-0.2, -0.15) is 31.3 Å². The van der Waals surface area contributed by atoms with E-state index in [1.807, 2.05) is 0 Å². The third-order valence-corrected chi connectivity index (χ3v) is 4.83. The van der Waals surface area contributed by atoms with E-state index in [1.165, 1.54) is 25.1 Å². The first-order chi connectivity index (χ1) is 12.3. The van der Waals surface area contributed by atoms with Gasteiger partial charge in [0.05, 0.1) is 5.69 Å². The molecule has 0 bridgehead atoms. The van der Waals surface area contributed by atoms with Gasteiger partial charge < -0.3 is 4.90 Å². The first-order valence-electron chi connectivity index (χ1n) is 8.10. The molecule has 2 rings (SSSR count). The van der Waals surface area contributed by atoms with Crippen molar-refractivity contribution in [3.05, 3.63) is 29.1 Å². The van der Waals surface area contributed by atoms with Crippen molar-refractivity contribution in [2.45, 2.75) is 44.2 Å². The molecule has 0 amide bonds. The Morgan fingerprint density at radius 1 is 1.22 bits per heavy atom. The van der Waals surface area contributed by atoms with E-state index in [2.05, 4.69) is 10.1 Å². The fourth-order valence-corrected chi connectivity index (χ4v) is 3.48. The van der Waals surface area contributed by atoms with E-state index in [4.69, 9.17) is 0 Å². The van der Waals surface area contributed by atoms with Crippen molar-refractivity contribution in [2.24, 2.45) is 0 Å². The normalized spacial score (nSPS) is 12.7. The Kier molecular flexibility index (Phi) is 5.56. The van der Waals surface area contributed by atoms with Crippen LogP contribution >= 0.6 is 0 Å². The van der Waals surface area contributed by atoms with E-state index < -0.39 is 27.1 Å². The summed E-state index contributed by atoms with van der Waals surface area (Å²) in [5.74, 6) is -1.83. The third kappa shape index (κ3) is 4.23. The number of aromatic nitrogens is 3. The summed E-state index contributed by atoms with van der Waals surface area (Å²) in [6.45, 7) is 5.15. The Labute approximate surface area is 155 Å². The first kappa shape index (κ1) is 21.1. The summed E-state index contributed by atoms with van der Waals surface area (Å²) in [4.78, 5) is 4.21. The second-order valence-corrected chi connectivity index (χ2v) is 7.82. The van der Waals surface area contributed by atoms with E-state index in [0.29, 0.717) is 12.0 Å². The van der Waals surface area contributed by atoms with Gasteiger partial charge in [0.2, 0.25) is 5.95 Å². The van der Waals surface area contributed by atoms with E-state index in [1.54, 1.807) is 20.8 Å². The lowest BCUT2D eigenvalue weighted by atomic mass is 9.98. The van der Waals surface area contributed by atoms with Crippen molar-refractivity contribution < 1.29 is 25.5 Å². The molecular formula is C16H20F4N4O2S. The van der Waals surface area contributed by atoms with Gasteiger partial charge in [-0.25, -0.2) is 0 Å². The number of rotatable bonds is 5. The van der Waals surface area contributed by atoms with Crippen LogP contribution in [0.5, 0.6) is 0 Å². The Morgan fingerprint density at radius 2 is 1.81 bits per heavy atom. The van der Waals surface area contributed by atoms with Gasteiger partial charge in [-0.3, -0.25) is 0 Å². The highest BCUT2D eigenvalue weighted by atomic mass is 32.3. The highest BCUT2D eigenvalue weighted by Crippen LogP contribution is 2.34. The zero-order valence-corrected chi connectivity index (χ0v) is 16.3. The number of aryl methyl sites for hydroxylation is 1. The van der Waals surface area contributed by atoms with Crippen molar-refractivity contribution in [3.8, 4) is 5.69 Å². The first-order valence-corrected chi connectivity index (χ1v) is 9.49. The maximum Gasteiger partial charge on any atom is 0.453 e. The summed E-state index contributed by atoms with van der Waals surface area (Å²) in [7, 11) is -2.14. The lowest BCUT2D eigenvalue weighted by molar-refractivity contribution is -0.144. The van der Waals surface area contributed by atoms with Crippen LogP contribution in [0.2, 0.25) is 0 Å². The standard InChI is InChI=1S/C16H20F4N4O2S/c1-6-10-7-11(9(2)3)13(27(20,25)26)8-12(10)24-15(23(4)5)21-14(22-24)16(17,18)19/h7-9H,6H2,1-5H3. The quantitative estimate of drug-likeness (QED) is 0.558. The third-order valence-electron chi connectivity index (χ3n) is 3.95. The maximum absolute atomic E-state index is 13.9. The Balaban J connectivity index is 2.88. The smallest absolute Gasteiger partial charge is 0.347 e. The number of hydrogen-bond donors (Lipinski definition) is 0. The van der Waals surface area contributed by atoms with Crippen LogP contribution in [-0.2, 0) is 22.8 Å². The van der Waals surface area contributed by atoms with Crippen molar-refractivity contribution in [2.75, 3.05) is 19.0 Å². The molecule has 27 heavy (non-hydrogen) atoms. The van der Waals surface area contributed by atoms with E-state index in [9.17, 15) is 25.5 Å². The second-order valence-electron chi connectivity index (χ2n) is 6.50. The summed E-state index contributed by atoms with van der Waals surface area (Å²) in [6.07, 6.45) is -4.41. The van der Waals surface area contributed by atoms with E-state index >= 15 is 0 Å². The molecule has 11 heteroatoms. The van der Waals surface area contributed by atoms with Crippen LogP contribution in [0.4, 0.5) is 23.0 Å². The van der Waals surface area contributed by atoms with Gasteiger partial charge in [-0.05, 0) is 29.5 Å². The molecule has 0 aliphatic carbocycles. The van der Waals surface area contributed by atoms with Gasteiger partial charge in [0, 0.05) is 14.1 Å². The van der Waals surface area contributed by atoms with E-state index in [0.717, 1.165) is 10.7 Å². The molecule has 150 valence electrons. The highest BCUT2D eigenvalue weighted by Gasteiger charge is 2.38. The molecule has 1 aromatic carbocycles. The van der Waals surface area contributed by atoms with Gasteiger partial charge in [-0.1, -0.05) is 26.8 Å². The summed E-state index contributed by atoms with van der Waals surface area (Å²) in [5.41, 5.74) is 0.804. The predicted molar refractivity (Wildman–Crippen MR) is 92.4 cm³/mol. The number of nitrogens with zero attached hydrogens (tertiary/aromatic N) is 4. The summed E-state index contributed by atoms with van der Waals surface area (Å²) in [5, 5.41) is 3.50. The molecule has 1 heterocycles. The predicted octanol–water partition coefficient (Wildman–Crippen LogP) is 3.70. The van der Waals surface area contributed by atoms with Gasteiger partial charge in [0.15, 0.2) is 0 Å². The van der Waals surface area contributed by atoms with Gasteiger partial charge in [0.1, 0.15) is 4.90 Å². The zero-order valence-electron chi connectivity index (χ0n) is 15.5. The number of halogens is 4. The van der Waals surface area contributed by atoms with Crippen molar-refractivity contribution >= 4 is 16.2 Å². The molecule has 0 aliphatic rings. The number of hydrogen-bond acceptors (Lipinski definition) is 5. The molecule has 2 aromatic rings. The highest BCUT2D eigenvalue weighted by molar-refractivity contribution is 7.86. The summed E-state index contributed by atoms with van der Waals surface area (Å²) < 4.78 is 77.2. The van der Waals surface area contributed by atoms with E-state index in [-0.39, 0.29) is 23.1 Å². The van der Waals surface area contributed by atoms with Crippen LogP contribution in [0.1, 0.15) is 43.6 Å². The SMILES string of the molecule is CCc1cc(C(C)C)c(S(=O)(=O)F)cc1-n1nc(C(F)(F)F)nc1N(C)C. The summed E-state index contributed by atoms with van der Waals surface area (Å²) in [6, 6.07) is 2.51. The topological polar surface area (TPSA) is 68.1 Å². The molecule has 6 nitrogen and oxygen atoms in total. The minimum absolute atomic E-state index is 0.0322. The minimum Gasteiger partial charge on any atom is -0.347 e. The Morgan fingerprint density at radius 3 is 2.22 bits per heavy atom. The molecule has 0 N–H and O–H groups in total. The Hall–Kier alpha value is -2.17. The van der Waals surface area contributed by atoms with Crippen LogP contribution in [0, 0.1) is 0 Å². The van der Waals surface area contributed by atoms with Crippen LogP contribution in [0.25, 0.3) is 5.69 Å². The lowest BCUT2D eigenvalue weighted by Gasteiger charge is -2.18. The monoisotopic (exact) mass is 408 g/mol. The fraction of sp³-hybridized carbons (Fsp3) is 0.500. The molecule has 0 aliphatic heterocycles. The number of alkyl halides is 3. The largest absolute Gasteiger partial charge is 0.453 e. The lowest BCUT2D eigenvalue weighted by Crippen LogP contribution is -2.17. The molecule has 0 fully saturated rings. The summed E-state index contributed by atoms with van der Waals surface area (Å²) >= 11 is 0. The van der Waals surface area contributed by atoms with Gasteiger partial charge >= 0.3 is 16.4 Å². The molecule has 1 aromatic heterocycles. The average Bonchev–Trinajstić information content (AvgIpc) is 2.98. The molecule has 0 unspecified atom stereocenters. The minimum atomic E-state index is -5.09. The molecule has 0 saturated heterocycles. The Bertz CT molecular complexity index is 950. The molecule has 0 spiro atoms. The van der Waals surface area contributed by atoms with Crippen LogP contribution in [0.15, 0.2) is 17.0 Å². The van der Waals surface area contributed by atoms with Crippen molar-refractivity contribution in [3.63, 3.8) is 0 Å². The molecular weight excluding hydrogens is 388 g/mol. The number of benzene rings is 1. The van der Waals surface area contributed by atoms with Crippen molar-refractivity contribution in [1.29, 1.82) is 0 Å². The van der Waals surface area contributed by atoms with Crippen LogP contribution in [-0.4, -0.2) is 37.3 Å². The average molecular weight is 408 g/mol. The molecule has 0 atom stereocenters. The van der Waals surface area contributed by atoms with Crippen LogP contribution < -0.4 is 4.90 Å². The molecule has 0 saturated carbocycles. The number of anilines is 1. The fourth-order valence-electron chi connectivity index (χ4n) is 2.65. The molecule has 0 radical (unpaired) electrons.